The molecule has 0 saturated carbocycles. The van der Waals surface area contributed by atoms with Gasteiger partial charge in [-0.2, -0.15) is 0 Å². The fraction of sp³-hybridized carbons (Fsp3) is 0.261. The predicted octanol–water partition coefficient (Wildman–Crippen LogP) is 3.40. The molecule has 4 heterocycles. The van der Waals surface area contributed by atoms with Crippen LogP contribution in [-0.4, -0.2) is 45.8 Å². The number of anilines is 1. The molecule has 0 amide bonds. The van der Waals surface area contributed by atoms with Crippen molar-refractivity contribution < 1.29 is 14.2 Å². The van der Waals surface area contributed by atoms with Crippen LogP contribution < -0.4 is 10.5 Å². The first kappa shape index (κ1) is 20.6. The van der Waals surface area contributed by atoms with E-state index in [-0.39, 0.29) is 11.5 Å². The third-order valence-corrected chi connectivity index (χ3v) is 6.52. The molecule has 1 aliphatic rings. The molecule has 0 aliphatic carbocycles. The second kappa shape index (κ2) is 8.33. The summed E-state index contributed by atoms with van der Waals surface area (Å²) in [4.78, 5) is 24.8. The number of hydrogen-bond donors (Lipinski definition) is 1. The van der Waals surface area contributed by atoms with Gasteiger partial charge < -0.3 is 14.7 Å². The Morgan fingerprint density at radius 3 is 2.81 bits per heavy atom. The van der Waals surface area contributed by atoms with Crippen LogP contribution in [-0.2, 0) is 11.2 Å². The lowest BCUT2D eigenvalue weighted by molar-refractivity contribution is 0.122. The van der Waals surface area contributed by atoms with Crippen molar-refractivity contribution in [3.63, 3.8) is 0 Å². The normalized spacial score (nSPS) is 14.2. The summed E-state index contributed by atoms with van der Waals surface area (Å²) in [5.74, 6) is -0.665. The van der Waals surface area contributed by atoms with Gasteiger partial charge in [0.15, 0.2) is 0 Å². The number of aromatic nitrogens is 3. The molecule has 5 rings (SSSR count). The predicted molar refractivity (Wildman–Crippen MR) is 121 cm³/mol. The highest BCUT2D eigenvalue weighted by molar-refractivity contribution is 7.15. The molecule has 32 heavy (non-hydrogen) atoms. The summed E-state index contributed by atoms with van der Waals surface area (Å²) in [6.45, 7) is 4.49. The number of morpholine rings is 1. The number of thiazole rings is 1. The van der Waals surface area contributed by atoms with Crippen LogP contribution in [0.25, 0.3) is 16.3 Å². The quantitative estimate of drug-likeness (QED) is 0.511. The Morgan fingerprint density at radius 2 is 2.03 bits per heavy atom. The number of fused-ring (bicyclic) bond motifs is 1. The SMILES string of the molecule is Cc1cc(Cc2cnc(-c3nc4ccc(N5CCOCC5)cn4c(=O)c3O)s2)ccc1F. The number of hydrogen-bond acceptors (Lipinski definition) is 7. The summed E-state index contributed by atoms with van der Waals surface area (Å²) < 4.78 is 20.3. The number of aromatic hydroxyl groups is 1. The maximum absolute atomic E-state index is 13.5. The van der Waals surface area contributed by atoms with Gasteiger partial charge in [-0.3, -0.25) is 9.20 Å². The summed E-state index contributed by atoms with van der Waals surface area (Å²) >= 11 is 1.35. The summed E-state index contributed by atoms with van der Waals surface area (Å²) in [7, 11) is 0. The van der Waals surface area contributed by atoms with Gasteiger partial charge in [0.2, 0.25) is 5.75 Å². The second-order valence-corrected chi connectivity index (χ2v) is 8.84. The summed E-state index contributed by atoms with van der Waals surface area (Å²) in [6.07, 6.45) is 3.97. The number of halogens is 1. The molecule has 1 saturated heterocycles. The van der Waals surface area contributed by atoms with Crippen molar-refractivity contribution in [1.29, 1.82) is 0 Å². The minimum atomic E-state index is -0.536. The zero-order chi connectivity index (χ0) is 22.2. The Morgan fingerprint density at radius 1 is 1.22 bits per heavy atom. The van der Waals surface area contributed by atoms with E-state index in [1.54, 1.807) is 37.5 Å². The van der Waals surface area contributed by atoms with Crippen molar-refractivity contribution in [3.05, 3.63) is 74.9 Å². The first-order valence-electron chi connectivity index (χ1n) is 10.3. The van der Waals surface area contributed by atoms with Gasteiger partial charge in [-0.25, -0.2) is 14.4 Å². The van der Waals surface area contributed by atoms with Gasteiger partial charge in [0.1, 0.15) is 22.2 Å². The summed E-state index contributed by atoms with van der Waals surface area (Å²) in [5.41, 5.74) is 2.50. The fourth-order valence-electron chi connectivity index (χ4n) is 3.79. The number of ether oxygens (including phenoxy) is 1. The molecule has 9 heteroatoms. The van der Waals surface area contributed by atoms with Crippen LogP contribution in [0, 0.1) is 12.7 Å². The number of benzene rings is 1. The fourth-order valence-corrected chi connectivity index (χ4v) is 4.73. The Hall–Kier alpha value is -3.30. The average Bonchev–Trinajstić information content (AvgIpc) is 3.27. The van der Waals surface area contributed by atoms with Gasteiger partial charge in [0.05, 0.1) is 18.9 Å². The molecular formula is C23H21FN4O3S. The largest absolute Gasteiger partial charge is 0.501 e. The van der Waals surface area contributed by atoms with E-state index in [4.69, 9.17) is 4.74 Å². The number of aryl methyl sites for hydroxylation is 1. The number of rotatable bonds is 4. The smallest absolute Gasteiger partial charge is 0.300 e. The first-order chi connectivity index (χ1) is 15.5. The molecule has 164 valence electrons. The summed E-state index contributed by atoms with van der Waals surface area (Å²) in [6, 6.07) is 8.68. The van der Waals surface area contributed by atoms with Crippen molar-refractivity contribution >= 4 is 22.7 Å². The van der Waals surface area contributed by atoms with Gasteiger partial charge in [0, 0.05) is 36.8 Å². The van der Waals surface area contributed by atoms with E-state index >= 15 is 0 Å². The van der Waals surface area contributed by atoms with Crippen LogP contribution in [0.15, 0.2) is 47.5 Å². The lowest BCUT2D eigenvalue weighted by atomic mass is 10.1. The molecule has 0 radical (unpaired) electrons. The Kier molecular flexibility index (Phi) is 5.36. The molecule has 0 unspecified atom stereocenters. The van der Waals surface area contributed by atoms with Crippen molar-refractivity contribution in [2.45, 2.75) is 13.3 Å². The molecule has 3 aromatic heterocycles. The van der Waals surface area contributed by atoms with Crippen LogP contribution >= 0.6 is 11.3 Å². The first-order valence-corrected chi connectivity index (χ1v) is 11.1. The number of nitrogens with zero attached hydrogens (tertiary/aromatic N) is 4. The molecule has 0 bridgehead atoms. The van der Waals surface area contributed by atoms with Crippen molar-refractivity contribution in [2.24, 2.45) is 0 Å². The van der Waals surface area contributed by atoms with Crippen LogP contribution in [0.1, 0.15) is 16.0 Å². The van der Waals surface area contributed by atoms with Gasteiger partial charge in [-0.05, 0) is 36.2 Å². The topological polar surface area (TPSA) is 80.0 Å². The molecule has 7 nitrogen and oxygen atoms in total. The van der Waals surface area contributed by atoms with E-state index in [0.717, 1.165) is 29.2 Å². The van der Waals surface area contributed by atoms with Gasteiger partial charge >= 0.3 is 5.56 Å². The van der Waals surface area contributed by atoms with Gasteiger partial charge in [0.25, 0.3) is 0 Å². The molecular weight excluding hydrogens is 431 g/mol. The highest BCUT2D eigenvalue weighted by atomic mass is 32.1. The Bertz CT molecular complexity index is 1360. The molecule has 1 N–H and O–H groups in total. The lowest BCUT2D eigenvalue weighted by Crippen LogP contribution is -2.36. The van der Waals surface area contributed by atoms with Gasteiger partial charge in [-0.1, -0.05) is 12.1 Å². The minimum absolute atomic E-state index is 0.167. The zero-order valence-corrected chi connectivity index (χ0v) is 18.2. The third-order valence-electron chi connectivity index (χ3n) is 5.52. The van der Waals surface area contributed by atoms with E-state index in [2.05, 4.69) is 14.9 Å². The van der Waals surface area contributed by atoms with Crippen molar-refractivity contribution in [2.75, 3.05) is 31.2 Å². The average molecular weight is 453 g/mol. The molecule has 4 aromatic rings. The molecule has 0 spiro atoms. The van der Waals surface area contributed by atoms with E-state index in [9.17, 15) is 14.3 Å². The lowest BCUT2D eigenvalue weighted by Gasteiger charge is -2.28. The Labute approximate surface area is 187 Å². The van der Waals surface area contributed by atoms with E-state index in [1.807, 2.05) is 6.07 Å². The molecule has 1 aliphatic heterocycles. The number of pyridine rings is 1. The van der Waals surface area contributed by atoms with Crippen LogP contribution in [0.5, 0.6) is 5.75 Å². The second-order valence-electron chi connectivity index (χ2n) is 7.72. The van der Waals surface area contributed by atoms with E-state index in [0.29, 0.717) is 35.9 Å². The van der Waals surface area contributed by atoms with Crippen molar-refractivity contribution in [1.82, 2.24) is 14.4 Å². The summed E-state index contributed by atoms with van der Waals surface area (Å²) in [5, 5.41) is 11.1. The molecule has 1 fully saturated rings. The van der Waals surface area contributed by atoms with Crippen LogP contribution in [0.3, 0.4) is 0 Å². The van der Waals surface area contributed by atoms with E-state index < -0.39 is 11.3 Å². The highest BCUT2D eigenvalue weighted by Crippen LogP contribution is 2.30. The highest BCUT2D eigenvalue weighted by Gasteiger charge is 2.19. The minimum Gasteiger partial charge on any atom is -0.501 e. The van der Waals surface area contributed by atoms with Crippen molar-refractivity contribution in [3.8, 4) is 16.5 Å². The Balaban J connectivity index is 1.47. The maximum atomic E-state index is 13.5. The molecule has 0 atom stereocenters. The monoisotopic (exact) mass is 452 g/mol. The van der Waals surface area contributed by atoms with Crippen LogP contribution in [0.4, 0.5) is 10.1 Å². The zero-order valence-electron chi connectivity index (χ0n) is 17.4. The van der Waals surface area contributed by atoms with E-state index in [1.165, 1.54) is 21.8 Å². The van der Waals surface area contributed by atoms with Gasteiger partial charge in [-0.15, -0.1) is 11.3 Å². The maximum Gasteiger partial charge on any atom is 0.300 e. The standard InChI is InChI=1S/C23H21FN4O3S/c1-14-10-15(2-4-18(14)24)11-17-12-25-22(32-17)20-21(29)23(30)28-13-16(3-5-19(28)26-20)27-6-8-31-9-7-27/h2-5,10,12-13,29H,6-9,11H2,1H3. The molecule has 1 aromatic carbocycles. The van der Waals surface area contributed by atoms with Crippen LogP contribution in [0.2, 0.25) is 0 Å². The third kappa shape index (κ3) is 3.85.